The van der Waals surface area contributed by atoms with Crippen molar-refractivity contribution in [1.29, 1.82) is 0 Å². The van der Waals surface area contributed by atoms with Crippen molar-refractivity contribution in [3.8, 4) is 0 Å². The predicted octanol–water partition coefficient (Wildman–Crippen LogP) is 4.11. The van der Waals surface area contributed by atoms with E-state index in [4.69, 9.17) is 9.05 Å². The minimum atomic E-state index is -4.17. The molecule has 0 fully saturated rings. The Kier molecular flexibility index (Phi) is 12.5. The van der Waals surface area contributed by atoms with E-state index in [1.165, 1.54) is 38.5 Å². The second-order valence-electron chi connectivity index (χ2n) is 7.47. The summed E-state index contributed by atoms with van der Waals surface area (Å²) in [5.41, 5.74) is 0. The number of unbranched alkanes of at least 4 members (excludes halogenated alkanes) is 7. The number of hydrogen-bond acceptors (Lipinski definition) is 4. The van der Waals surface area contributed by atoms with Crippen LogP contribution in [0, 0.1) is 0 Å². The lowest BCUT2D eigenvalue weighted by molar-refractivity contribution is -0.870. The molecule has 0 rings (SSSR count). The van der Waals surface area contributed by atoms with Gasteiger partial charge in [-0.25, -0.2) is 0 Å². The van der Waals surface area contributed by atoms with Gasteiger partial charge in [0.05, 0.1) is 27.2 Å². The van der Waals surface area contributed by atoms with Crippen molar-refractivity contribution in [2.75, 3.05) is 34.3 Å². The third-order valence-electron chi connectivity index (χ3n) is 3.78. The molecule has 0 aromatic heterocycles. The molecular formula is C17H38NO4P. The third-order valence-corrected chi connectivity index (χ3v) is 4.90. The minimum Gasteiger partial charge on any atom is -0.756 e. The summed E-state index contributed by atoms with van der Waals surface area (Å²) in [6.07, 6.45) is 10.4. The van der Waals surface area contributed by atoms with Crippen LogP contribution in [0.4, 0.5) is 0 Å². The van der Waals surface area contributed by atoms with Crippen LogP contribution in [-0.2, 0) is 13.6 Å². The van der Waals surface area contributed by atoms with E-state index in [9.17, 15) is 9.46 Å². The van der Waals surface area contributed by atoms with Crippen molar-refractivity contribution in [3.05, 3.63) is 0 Å². The summed E-state index contributed by atoms with van der Waals surface area (Å²) in [5.74, 6) is 0. The molecule has 0 amide bonds. The van der Waals surface area contributed by atoms with Gasteiger partial charge in [-0.15, -0.1) is 0 Å². The molecule has 0 aromatic rings. The molecule has 0 saturated heterocycles. The molecule has 6 heteroatoms. The van der Waals surface area contributed by atoms with Gasteiger partial charge in [0, 0.05) is 0 Å². The Bertz CT molecular complexity index is 331. The number of likely N-dealkylation sites (N-methyl/N-ethyl adjacent to an activating group) is 1. The fraction of sp³-hybridized carbons (Fsp3) is 1.00. The van der Waals surface area contributed by atoms with Crippen LogP contribution in [0.15, 0.2) is 0 Å². The predicted molar refractivity (Wildman–Crippen MR) is 94.2 cm³/mol. The molecule has 0 aromatic carbocycles. The van der Waals surface area contributed by atoms with Gasteiger partial charge in [0.1, 0.15) is 13.2 Å². The van der Waals surface area contributed by atoms with E-state index in [0.717, 1.165) is 19.3 Å². The van der Waals surface area contributed by atoms with Gasteiger partial charge in [0.25, 0.3) is 7.82 Å². The molecule has 23 heavy (non-hydrogen) atoms. The van der Waals surface area contributed by atoms with Crippen molar-refractivity contribution in [2.24, 2.45) is 0 Å². The highest BCUT2D eigenvalue weighted by atomic mass is 31.2. The molecule has 2 unspecified atom stereocenters. The molecule has 0 bridgehead atoms. The molecule has 0 radical (unpaired) electrons. The van der Waals surface area contributed by atoms with Gasteiger partial charge in [-0.3, -0.25) is 4.57 Å². The smallest absolute Gasteiger partial charge is 0.268 e. The van der Waals surface area contributed by atoms with Gasteiger partial charge in [0.2, 0.25) is 0 Å². The Morgan fingerprint density at radius 2 is 1.52 bits per heavy atom. The van der Waals surface area contributed by atoms with Crippen LogP contribution in [0.25, 0.3) is 0 Å². The average molecular weight is 351 g/mol. The Labute approximate surface area is 143 Å². The lowest BCUT2D eigenvalue weighted by atomic mass is 10.1. The normalized spacial score (nSPS) is 16.3. The first-order valence-corrected chi connectivity index (χ1v) is 10.6. The monoisotopic (exact) mass is 351 g/mol. The van der Waals surface area contributed by atoms with E-state index >= 15 is 0 Å². The maximum atomic E-state index is 11.7. The summed E-state index contributed by atoms with van der Waals surface area (Å²) in [6, 6.07) is 0. The Hall–Kier alpha value is 0.0700. The fourth-order valence-electron chi connectivity index (χ4n) is 2.30. The molecule has 0 N–H and O–H groups in total. The highest BCUT2D eigenvalue weighted by Gasteiger charge is 2.16. The number of rotatable bonds is 15. The summed E-state index contributed by atoms with van der Waals surface area (Å²) >= 11 is 0. The Morgan fingerprint density at radius 3 is 2.04 bits per heavy atom. The lowest BCUT2D eigenvalue weighted by Crippen LogP contribution is -2.37. The number of hydrogen-bond donors (Lipinski definition) is 0. The minimum absolute atomic E-state index is 0.161. The number of quaternary nitrogens is 1. The number of phosphoric acid groups is 1. The van der Waals surface area contributed by atoms with E-state index in [0.29, 0.717) is 11.0 Å². The molecule has 140 valence electrons. The standard InChI is InChI=1S/C17H38NO4P/c1-6-7-8-9-10-11-12-13-14-17(2)22-23(19,20)21-16-15-18(3,4)5/h17H,6-16H2,1-5H3. The zero-order valence-electron chi connectivity index (χ0n) is 15.9. The number of phosphoric ester groups is 1. The van der Waals surface area contributed by atoms with Gasteiger partial charge in [0.15, 0.2) is 0 Å². The van der Waals surface area contributed by atoms with Crippen LogP contribution in [0.1, 0.15) is 71.6 Å². The lowest BCUT2D eigenvalue weighted by Gasteiger charge is -2.29. The summed E-state index contributed by atoms with van der Waals surface area (Å²) in [5, 5.41) is 0. The molecular weight excluding hydrogens is 313 g/mol. The zero-order chi connectivity index (χ0) is 17.8. The van der Waals surface area contributed by atoms with Gasteiger partial charge in [-0.1, -0.05) is 58.3 Å². The average Bonchev–Trinajstić information content (AvgIpc) is 2.39. The van der Waals surface area contributed by atoms with E-state index in [1.54, 1.807) is 6.92 Å². The van der Waals surface area contributed by atoms with Crippen LogP contribution in [-0.4, -0.2) is 44.9 Å². The van der Waals surface area contributed by atoms with Crippen LogP contribution in [0.2, 0.25) is 0 Å². The second-order valence-corrected chi connectivity index (χ2v) is 8.84. The molecule has 0 aliphatic rings. The fourth-order valence-corrected chi connectivity index (χ4v) is 3.21. The topological polar surface area (TPSA) is 58.6 Å². The van der Waals surface area contributed by atoms with E-state index < -0.39 is 7.82 Å². The van der Waals surface area contributed by atoms with E-state index in [1.807, 2.05) is 21.1 Å². The summed E-state index contributed by atoms with van der Waals surface area (Å²) in [6.45, 7) is 4.81. The quantitative estimate of drug-likeness (QED) is 0.253. The van der Waals surface area contributed by atoms with E-state index in [-0.39, 0.29) is 12.7 Å². The SMILES string of the molecule is CCCCCCCCCCC(C)OP(=O)([O-])OCC[N+](C)(C)C. The molecule has 0 heterocycles. The first-order valence-electron chi connectivity index (χ1n) is 9.11. The molecule has 0 spiro atoms. The van der Waals surface area contributed by atoms with Crippen molar-refractivity contribution in [1.82, 2.24) is 0 Å². The van der Waals surface area contributed by atoms with Crippen LogP contribution in [0.5, 0.6) is 0 Å². The Morgan fingerprint density at radius 1 is 1.00 bits per heavy atom. The highest BCUT2D eigenvalue weighted by molar-refractivity contribution is 7.45. The van der Waals surface area contributed by atoms with Gasteiger partial charge in [-0.05, 0) is 13.3 Å². The molecule has 0 aliphatic heterocycles. The molecule has 0 saturated carbocycles. The maximum Gasteiger partial charge on any atom is 0.268 e. The van der Waals surface area contributed by atoms with Crippen molar-refractivity contribution in [3.63, 3.8) is 0 Å². The molecule has 5 nitrogen and oxygen atoms in total. The maximum absolute atomic E-state index is 11.7. The van der Waals surface area contributed by atoms with Gasteiger partial charge < -0.3 is 18.4 Å². The summed E-state index contributed by atoms with van der Waals surface area (Å²) in [7, 11) is 1.80. The second kappa shape index (κ2) is 12.4. The Balaban J connectivity index is 3.67. The van der Waals surface area contributed by atoms with Gasteiger partial charge >= 0.3 is 0 Å². The first kappa shape index (κ1) is 23.1. The highest BCUT2D eigenvalue weighted by Crippen LogP contribution is 2.40. The van der Waals surface area contributed by atoms with Gasteiger partial charge in [-0.2, -0.15) is 0 Å². The van der Waals surface area contributed by atoms with Crippen LogP contribution >= 0.6 is 7.82 Å². The number of nitrogens with zero attached hydrogens (tertiary/aromatic N) is 1. The summed E-state index contributed by atoms with van der Waals surface area (Å²) < 4.78 is 22.4. The zero-order valence-corrected chi connectivity index (χ0v) is 16.8. The van der Waals surface area contributed by atoms with Crippen LogP contribution < -0.4 is 4.89 Å². The van der Waals surface area contributed by atoms with Crippen molar-refractivity contribution < 1.29 is 23.0 Å². The van der Waals surface area contributed by atoms with E-state index in [2.05, 4.69) is 6.92 Å². The first-order chi connectivity index (χ1) is 10.7. The molecule has 2 atom stereocenters. The third kappa shape index (κ3) is 16.7. The van der Waals surface area contributed by atoms with Crippen molar-refractivity contribution in [2.45, 2.75) is 77.7 Å². The largest absolute Gasteiger partial charge is 0.756 e. The molecule has 0 aliphatic carbocycles. The van der Waals surface area contributed by atoms with Crippen molar-refractivity contribution >= 4 is 7.82 Å². The summed E-state index contributed by atoms with van der Waals surface area (Å²) in [4.78, 5) is 11.7. The van der Waals surface area contributed by atoms with Crippen LogP contribution in [0.3, 0.4) is 0 Å².